The van der Waals surface area contributed by atoms with Gasteiger partial charge in [-0.15, -0.1) is 0 Å². The second-order valence-corrected chi connectivity index (χ2v) is 7.20. The maximum Gasteiger partial charge on any atom is 0.161 e. The highest BCUT2D eigenvalue weighted by Gasteiger charge is 2.28. The Labute approximate surface area is 163 Å². The Morgan fingerprint density at radius 3 is 2.89 bits per heavy atom. The molecule has 4 aromatic rings. The van der Waals surface area contributed by atoms with Crippen molar-refractivity contribution in [1.29, 1.82) is 0 Å². The largest absolute Gasteiger partial charge is 0.504 e. The molecule has 134 valence electrons. The van der Waals surface area contributed by atoms with E-state index >= 15 is 0 Å². The number of benzene rings is 2. The van der Waals surface area contributed by atoms with E-state index in [1.165, 1.54) is 7.11 Å². The van der Waals surface area contributed by atoms with Crippen LogP contribution < -0.4 is 10.1 Å². The van der Waals surface area contributed by atoms with Crippen LogP contribution in [0.25, 0.3) is 16.8 Å². The van der Waals surface area contributed by atoms with Gasteiger partial charge < -0.3 is 15.2 Å². The SMILES string of the molecule is COc1cc(Br)c([C@@H]2Nc3ccccc3-c3ncnn4ccc2c34)cc1O. The average Bonchev–Trinajstić information content (AvgIpc) is 3.06. The molecule has 2 aromatic heterocycles. The van der Waals surface area contributed by atoms with Crippen LogP contribution in [-0.2, 0) is 0 Å². The molecule has 0 spiro atoms. The molecule has 0 unspecified atom stereocenters. The predicted molar refractivity (Wildman–Crippen MR) is 106 cm³/mol. The van der Waals surface area contributed by atoms with Crippen molar-refractivity contribution in [1.82, 2.24) is 14.6 Å². The molecule has 0 radical (unpaired) electrons. The Bertz CT molecular complexity index is 1190. The fourth-order valence-corrected chi connectivity index (χ4v) is 4.20. The summed E-state index contributed by atoms with van der Waals surface area (Å²) < 4.78 is 7.90. The Kier molecular flexibility index (Phi) is 3.58. The van der Waals surface area contributed by atoms with E-state index in [1.54, 1.807) is 18.5 Å². The fourth-order valence-electron chi connectivity index (χ4n) is 3.65. The molecule has 1 aliphatic heterocycles. The molecule has 1 aliphatic rings. The molecule has 27 heavy (non-hydrogen) atoms. The van der Waals surface area contributed by atoms with Crippen LogP contribution in [0.5, 0.6) is 11.5 Å². The number of nitrogens with zero attached hydrogens (tertiary/aromatic N) is 3. The smallest absolute Gasteiger partial charge is 0.161 e. The van der Waals surface area contributed by atoms with E-state index in [1.807, 2.05) is 41.0 Å². The molecule has 0 aliphatic carbocycles. The lowest BCUT2D eigenvalue weighted by Crippen LogP contribution is -2.12. The third kappa shape index (κ3) is 2.39. The number of rotatable bonds is 2. The van der Waals surface area contributed by atoms with Gasteiger partial charge in [-0.1, -0.05) is 34.1 Å². The maximum absolute atomic E-state index is 10.3. The molecule has 2 aromatic carbocycles. The number of fused-ring (bicyclic) bond motifs is 2. The summed E-state index contributed by atoms with van der Waals surface area (Å²) in [6, 6.07) is 13.4. The number of halogens is 1. The molecule has 0 saturated heterocycles. The Morgan fingerprint density at radius 1 is 1.19 bits per heavy atom. The average molecular weight is 423 g/mol. The van der Waals surface area contributed by atoms with Crippen LogP contribution in [0.4, 0.5) is 5.69 Å². The molecule has 5 rings (SSSR count). The number of hydrogen-bond donors (Lipinski definition) is 2. The summed E-state index contributed by atoms with van der Waals surface area (Å²) in [4.78, 5) is 4.55. The molecule has 0 fully saturated rings. The minimum Gasteiger partial charge on any atom is -0.504 e. The van der Waals surface area contributed by atoms with Crippen LogP contribution >= 0.6 is 15.9 Å². The Balaban J connectivity index is 1.81. The number of methoxy groups -OCH3 is 1. The minimum atomic E-state index is -0.199. The summed E-state index contributed by atoms with van der Waals surface area (Å²) in [6.07, 6.45) is 3.49. The van der Waals surface area contributed by atoms with Crippen molar-refractivity contribution in [2.75, 3.05) is 12.4 Å². The van der Waals surface area contributed by atoms with Crippen molar-refractivity contribution in [3.8, 4) is 22.8 Å². The topological polar surface area (TPSA) is 71.7 Å². The van der Waals surface area contributed by atoms with Crippen LogP contribution in [0.1, 0.15) is 17.2 Å². The summed E-state index contributed by atoms with van der Waals surface area (Å²) in [7, 11) is 1.53. The van der Waals surface area contributed by atoms with Gasteiger partial charge in [0.15, 0.2) is 11.5 Å². The van der Waals surface area contributed by atoms with E-state index in [-0.39, 0.29) is 11.8 Å². The van der Waals surface area contributed by atoms with Gasteiger partial charge in [0.05, 0.1) is 18.7 Å². The molecular formula is C20H15BrN4O2. The van der Waals surface area contributed by atoms with E-state index in [0.29, 0.717) is 5.75 Å². The van der Waals surface area contributed by atoms with E-state index < -0.39 is 0 Å². The summed E-state index contributed by atoms with van der Waals surface area (Å²) in [5.41, 5.74) is 5.74. The predicted octanol–water partition coefficient (Wildman–Crippen LogP) is 4.39. The fraction of sp³-hybridized carbons (Fsp3) is 0.100. The minimum absolute atomic E-state index is 0.0926. The number of ether oxygens (including phenoxy) is 1. The lowest BCUT2D eigenvalue weighted by Gasteiger charge is -2.21. The van der Waals surface area contributed by atoms with Crippen LogP contribution in [0.15, 0.2) is 59.5 Å². The van der Waals surface area contributed by atoms with Crippen molar-refractivity contribution >= 4 is 27.1 Å². The van der Waals surface area contributed by atoms with E-state index in [2.05, 4.69) is 31.3 Å². The second kappa shape index (κ2) is 5.99. The second-order valence-electron chi connectivity index (χ2n) is 6.34. The van der Waals surface area contributed by atoms with Gasteiger partial charge in [-0.2, -0.15) is 5.10 Å². The zero-order valence-electron chi connectivity index (χ0n) is 14.3. The molecule has 0 bridgehead atoms. The van der Waals surface area contributed by atoms with E-state index in [9.17, 15) is 5.11 Å². The number of hydrogen-bond acceptors (Lipinski definition) is 5. The van der Waals surface area contributed by atoms with Crippen LogP contribution in [0.3, 0.4) is 0 Å². The maximum atomic E-state index is 10.3. The summed E-state index contributed by atoms with van der Waals surface area (Å²) in [5, 5.41) is 18.3. The molecular weight excluding hydrogens is 408 g/mol. The van der Waals surface area contributed by atoms with Gasteiger partial charge in [0.1, 0.15) is 12.0 Å². The van der Waals surface area contributed by atoms with Gasteiger partial charge in [0, 0.05) is 27.5 Å². The number of para-hydroxylation sites is 1. The molecule has 7 heteroatoms. The van der Waals surface area contributed by atoms with Gasteiger partial charge in [0.25, 0.3) is 0 Å². The van der Waals surface area contributed by atoms with Crippen LogP contribution in [-0.4, -0.2) is 26.8 Å². The van der Waals surface area contributed by atoms with Crippen LogP contribution in [0.2, 0.25) is 0 Å². The molecule has 6 nitrogen and oxygen atoms in total. The van der Waals surface area contributed by atoms with Crippen molar-refractivity contribution in [2.24, 2.45) is 0 Å². The van der Waals surface area contributed by atoms with Crippen molar-refractivity contribution in [2.45, 2.75) is 6.04 Å². The lowest BCUT2D eigenvalue weighted by atomic mass is 9.99. The number of anilines is 1. The quantitative estimate of drug-likeness (QED) is 0.501. The first-order valence-corrected chi connectivity index (χ1v) is 9.21. The van der Waals surface area contributed by atoms with E-state index in [0.717, 1.165) is 38.1 Å². The van der Waals surface area contributed by atoms with Gasteiger partial charge in [-0.25, -0.2) is 9.50 Å². The summed E-state index contributed by atoms with van der Waals surface area (Å²) in [6.45, 7) is 0. The summed E-state index contributed by atoms with van der Waals surface area (Å²) >= 11 is 3.63. The molecule has 0 saturated carbocycles. The van der Waals surface area contributed by atoms with Crippen molar-refractivity contribution in [3.05, 3.63) is 70.6 Å². The molecule has 2 N–H and O–H groups in total. The number of aromatic hydroxyl groups is 1. The number of aromatic nitrogens is 3. The number of phenols is 1. The first-order valence-electron chi connectivity index (χ1n) is 8.42. The Hall–Kier alpha value is -3.06. The zero-order chi connectivity index (χ0) is 18.5. The van der Waals surface area contributed by atoms with Crippen molar-refractivity contribution < 1.29 is 9.84 Å². The lowest BCUT2D eigenvalue weighted by molar-refractivity contribution is 0.372. The highest BCUT2D eigenvalue weighted by atomic mass is 79.9. The molecule has 1 atom stereocenters. The third-order valence-corrected chi connectivity index (χ3v) is 5.57. The van der Waals surface area contributed by atoms with Gasteiger partial charge in [-0.3, -0.25) is 0 Å². The van der Waals surface area contributed by atoms with Gasteiger partial charge in [0.2, 0.25) is 0 Å². The highest BCUT2D eigenvalue weighted by molar-refractivity contribution is 9.10. The third-order valence-electron chi connectivity index (χ3n) is 4.89. The van der Waals surface area contributed by atoms with E-state index in [4.69, 9.17) is 4.74 Å². The normalized spacial score (nSPS) is 15.1. The van der Waals surface area contributed by atoms with Crippen molar-refractivity contribution in [3.63, 3.8) is 0 Å². The number of phenolic OH excluding ortho intramolecular Hbond substituents is 1. The molecule has 3 heterocycles. The number of nitrogens with one attached hydrogen (secondary N) is 1. The standard InChI is InChI=1S/C20H15BrN4O2/c1-27-17-9-14(21)13(8-16(17)26)18-12-6-7-25-20(12)19(22-10-23-25)11-4-2-3-5-15(11)24-18/h2-10,18,24,26H,1H3/t18-/m1/s1. The molecule has 0 amide bonds. The summed E-state index contributed by atoms with van der Waals surface area (Å²) in [5.74, 6) is 0.514. The van der Waals surface area contributed by atoms with Gasteiger partial charge in [-0.05, 0) is 29.8 Å². The zero-order valence-corrected chi connectivity index (χ0v) is 15.9. The Morgan fingerprint density at radius 2 is 2.04 bits per heavy atom. The first kappa shape index (κ1) is 16.1. The van der Waals surface area contributed by atoms with Gasteiger partial charge >= 0.3 is 0 Å². The first-order chi connectivity index (χ1) is 13.2. The van der Waals surface area contributed by atoms with Crippen LogP contribution in [0, 0.1) is 0 Å². The monoisotopic (exact) mass is 422 g/mol. The highest BCUT2D eigenvalue weighted by Crippen LogP contribution is 2.44.